The van der Waals surface area contributed by atoms with Crippen LogP contribution in [0.5, 0.6) is 0 Å². The van der Waals surface area contributed by atoms with Crippen molar-refractivity contribution in [3.8, 4) is 0 Å². The van der Waals surface area contributed by atoms with Gasteiger partial charge in [0, 0.05) is 32.0 Å². The minimum Gasteiger partial charge on any atom is -0.386 e. The number of rotatable bonds is 6. The Labute approximate surface area is 112 Å². The maximum Gasteiger partial charge on any atom is 0.212 e. The predicted octanol–water partition coefficient (Wildman–Crippen LogP) is -0.305. The number of nitrogens with zero attached hydrogens (tertiary/aromatic N) is 1. The summed E-state index contributed by atoms with van der Waals surface area (Å²) in [5.74, 6) is -0.00600. The van der Waals surface area contributed by atoms with Gasteiger partial charge in [-0.3, -0.25) is 4.98 Å². The minimum atomic E-state index is -3.39. The second-order valence-corrected chi connectivity index (χ2v) is 6.70. The number of pyridine rings is 1. The van der Waals surface area contributed by atoms with Gasteiger partial charge in [0.2, 0.25) is 10.0 Å². The first-order valence-electron chi connectivity index (χ1n) is 6.16. The number of aromatic nitrogens is 1. The van der Waals surface area contributed by atoms with Crippen molar-refractivity contribution in [2.75, 3.05) is 25.5 Å². The lowest BCUT2D eigenvalue weighted by atomic mass is 10.1. The van der Waals surface area contributed by atoms with Crippen molar-refractivity contribution in [3.05, 3.63) is 30.1 Å². The monoisotopic (exact) mass is 286 g/mol. The molecule has 2 N–H and O–H groups in total. The molecule has 0 radical (unpaired) electrons. The number of nitrogens with one attached hydrogen (secondary N) is 1. The van der Waals surface area contributed by atoms with Crippen LogP contribution in [0.25, 0.3) is 0 Å². The quantitative estimate of drug-likeness (QED) is 0.749. The zero-order valence-electron chi connectivity index (χ0n) is 10.6. The van der Waals surface area contributed by atoms with Gasteiger partial charge in [0.05, 0.1) is 12.4 Å². The second-order valence-electron chi connectivity index (χ2n) is 4.77. The van der Waals surface area contributed by atoms with Crippen LogP contribution >= 0.6 is 0 Å². The highest BCUT2D eigenvalue weighted by atomic mass is 32.2. The van der Waals surface area contributed by atoms with Gasteiger partial charge in [0.25, 0.3) is 0 Å². The van der Waals surface area contributed by atoms with Gasteiger partial charge in [-0.05, 0) is 24.1 Å². The number of hydrogen-bond donors (Lipinski definition) is 2. The fourth-order valence-corrected chi connectivity index (χ4v) is 2.99. The van der Waals surface area contributed by atoms with E-state index in [2.05, 4.69) is 9.71 Å². The van der Waals surface area contributed by atoms with Gasteiger partial charge in [-0.25, -0.2) is 13.1 Å². The highest BCUT2D eigenvalue weighted by Crippen LogP contribution is 2.17. The van der Waals surface area contributed by atoms with Crippen LogP contribution in [0.3, 0.4) is 0 Å². The largest absolute Gasteiger partial charge is 0.386 e. The van der Waals surface area contributed by atoms with Crippen LogP contribution in [0.4, 0.5) is 0 Å². The van der Waals surface area contributed by atoms with Gasteiger partial charge >= 0.3 is 0 Å². The third-order valence-corrected chi connectivity index (χ3v) is 4.44. The average molecular weight is 286 g/mol. The fraction of sp³-hybridized carbons (Fsp3) is 0.583. The first-order chi connectivity index (χ1) is 8.99. The highest BCUT2D eigenvalue weighted by molar-refractivity contribution is 7.89. The maximum absolute atomic E-state index is 11.8. The van der Waals surface area contributed by atoms with Crippen molar-refractivity contribution in [3.63, 3.8) is 0 Å². The van der Waals surface area contributed by atoms with E-state index in [4.69, 9.17) is 4.74 Å². The van der Waals surface area contributed by atoms with E-state index in [1.54, 1.807) is 24.5 Å². The van der Waals surface area contributed by atoms with Gasteiger partial charge in [0.1, 0.15) is 5.60 Å². The smallest absolute Gasteiger partial charge is 0.212 e. The van der Waals surface area contributed by atoms with Crippen molar-refractivity contribution in [2.45, 2.75) is 18.4 Å². The molecule has 6 nitrogen and oxygen atoms in total. The molecule has 106 valence electrons. The van der Waals surface area contributed by atoms with Crippen molar-refractivity contribution >= 4 is 10.0 Å². The van der Waals surface area contributed by atoms with Crippen LogP contribution in [-0.4, -0.2) is 49.6 Å². The van der Waals surface area contributed by atoms with Crippen molar-refractivity contribution in [1.82, 2.24) is 9.71 Å². The molecule has 1 aliphatic rings. The fourth-order valence-electron chi connectivity index (χ4n) is 1.85. The lowest BCUT2D eigenvalue weighted by Crippen LogP contribution is -2.44. The van der Waals surface area contributed by atoms with E-state index in [0.29, 0.717) is 19.4 Å². The van der Waals surface area contributed by atoms with E-state index in [9.17, 15) is 13.5 Å². The molecule has 1 fully saturated rings. The molecule has 0 aromatic carbocycles. The van der Waals surface area contributed by atoms with Gasteiger partial charge in [0.15, 0.2) is 0 Å². The van der Waals surface area contributed by atoms with E-state index < -0.39 is 15.6 Å². The summed E-state index contributed by atoms with van der Waals surface area (Å²) in [6.07, 6.45) is 4.15. The first kappa shape index (κ1) is 14.4. The van der Waals surface area contributed by atoms with Gasteiger partial charge in [-0.15, -0.1) is 0 Å². The van der Waals surface area contributed by atoms with Crippen LogP contribution in [0.1, 0.15) is 12.0 Å². The molecule has 2 heterocycles. The summed E-state index contributed by atoms with van der Waals surface area (Å²) in [5, 5.41) is 9.98. The Balaban J connectivity index is 1.82. The lowest BCUT2D eigenvalue weighted by Gasteiger charge is -2.20. The van der Waals surface area contributed by atoms with Crippen molar-refractivity contribution < 1.29 is 18.3 Å². The zero-order valence-corrected chi connectivity index (χ0v) is 11.4. The summed E-state index contributed by atoms with van der Waals surface area (Å²) in [4.78, 5) is 3.88. The predicted molar refractivity (Wildman–Crippen MR) is 70.1 cm³/mol. The molecule has 1 unspecified atom stereocenters. The summed E-state index contributed by atoms with van der Waals surface area (Å²) in [5.41, 5.74) is -0.146. The van der Waals surface area contributed by atoms with E-state index in [-0.39, 0.29) is 18.9 Å². The molecule has 1 aromatic rings. The topological polar surface area (TPSA) is 88.5 Å². The number of hydrogen-bond acceptors (Lipinski definition) is 5. The molecule has 7 heteroatoms. The van der Waals surface area contributed by atoms with Gasteiger partial charge in [-0.2, -0.15) is 0 Å². The third kappa shape index (κ3) is 4.54. The van der Waals surface area contributed by atoms with E-state index in [0.717, 1.165) is 5.56 Å². The molecule has 19 heavy (non-hydrogen) atoms. The Morgan fingerprint density at radius 2 is 2.16 bits per heavy atom. The summed E-state index contributed by atoms with van der Waals surface area (Å²) in [6.45, 7) is 0.654. The molecule has 0 aliphatic carbocycles. The second kappa shape index (κ2) is 5.96. The van der Waals surface area contributed by atoms with Crippen molar-refractivity contribution in [2.24, 2.45) is 0 Å². The van der Waals surface area contributed by atoms with Crippen LogP contribution in [0.2, 0.25) is 0 Å². The number of aliphatic hydroxyl groups is 1. The average Bonchev–Trinajstić information content (AvgIpc) is 2.84. The first-order valence-corrected chi connectivity index (χ1v) is 7.81. The normalized spacial score (nSPS) is 23.6. The number of ether oxygens (including phenoxy) is 1. The Bertz CT molecular complexity index is 498. The Kier molecular flexibility index (Phi) is 4.51. The van der Waals surface area contributed by atoms with Crippen LogP contribution in [0, 0.1) is 0 Å². The van der Waals surface area contributed by atoms with Gasteiger partial charge in [-0.1, -0.05) is 0 Å². The molecular weight excluding hydrogens is 268 g/mol. The molecule has 1 aromatic heterocycles. The maximum atomic E-state index is 11.8. The number of aryl methyl sites for hydroxylation is 1. The summed E-state index contributed by atoms with van der Waals surface area (Å²) in [7, 11) is -3.39. The van der Waals surface area contributed by atoms with E-state index in [1.165, 1.54) is 0 Å². The summed E-state index contributed by atoms with van der Waals surface area (Å²) < 4.78 is 31.1. The molecule has 0 amide bonds. The molecule has 1 aliphatic heterocycles. The minimum absolute atomic E-state index is 0.00563. The van der Waals surface area contributed by atoms with Crippen LogP contribution in [-0.2, 0) is 21.2 Å². The van der Waals surface area contributed by atoms with Gasteiger partial charge < -0.3 is 9.84 Å². The number of sulfonamides is 1. The standard InChI is InChI=1S/C12H18N2O4S/c15-12(4-7-18-10-12)9-14-19(16,17)8-3-11-1-5-13-6-2-11/h1-2,5-6,14-15H,3-4,7-10H2. The molecule has 1 saturated heterocycles. The zero-order chi connectivity index (χ0) is 13.8. The van der Waals surface area contributed by atoms with Crippen LogP contribution in [0.15, 0.2) is 24.5 Å². The summed E-state index contributed by atoms with van der Waals surface area (Å²) in [6, 6.07) is 3.57. The molecule has 0 spiro atoms. The lowest BCUT2D eigenvalue weighted by molar-refractivity contribution is 0.0314. The van der Waals surface area contributed by atoms with E-state index in [1.807, 2.05) is 0 Å². The van der Waals surface area contributed by atoms with Crippen LogP contribution < -0.4 is 4.72 Å². The Morgan fingerprint density at radius 1 is 1.42 bits per heavy atom. The Hall–Kier alpha value is -1.02. The highest BCUT2D eigenvalue weighted by Gasteiger charge is 2.33. The Morgan fingerprint density at radius 3 is 2.79 bits per heavy atom. The summed E-state index contributed by atoms with van der Waals surface area (Å²) >= 11 is 0. The molecule has 2 rings (SSSR count). The molecular formula is C12H18N2O4S. The third-order valence-electron chi connectivity index (χ3n) is 3.11. The van der Waals surface area contributed by atoms with Crippen molar-refractivity contribution in [1.29, 1.82) is 0 Å². The molecule has 1 atom stereocenters. The van der Waals surface area contributed by atoms with E-state index >= 15 is 0 Å². The molecule has 0 saturated carbocycles. The molecule has 0 bridgehead atoms. The SMILES string of the molecule is O=S(=O)(CCc1ccncc1)NCC1(O)CCOC1.